The second-order valence-corrected chi connectivity index (χ2v) is 7.34. The summed E-state index contributed by atoms with van der Waals surface area (Å²) in [5.41, 5.74) is 3.53. The highest BCUT2D eigenvalue weighted by atomic mass is 16.6. The number of oxime groups is 1. The van der Waals surface area contributed by atoms with Crippen LogP contribution in [0.1, 0.15) is 56.6 Å². The maximum Gasteiger partial charge on any atom is 0.161 e. The van der Waals surface area contributed by atoms with E-state index in [0.717, 1.165) is 42.7 Å². The lowest BCUT2D eigenvalue weighted by molar-refractivity contribution is 0.0771. The third kappa shape index (κ3) is 6.01. The summed E-state index contributed by atoms with van der Waals surface area (Å²) >= 11 is 0. The maximum atomic E-state index is 5.94. The van der Waals surface area contributed by atoms with Crippen LogP contribution in [0.2, 0.25) is 0 Å². The van der Waals surface area contributed by atoms with Crippen LogP contribution >= 0.6 is 0 Å². The van der Waals surface area contributed by atoms with Crippen molar-refractivity contribution >= 4 is 5.71 Å². The summed E-state index contributed by atoms with van der Waals surface area (Å²) in [4.78, 5) is 5.58. The molecule has 2 aromatic rings. The quantitative estimate of drug-likeness (QED) is 0.453. The first-order valence-corrected chi connectivity index (χ1v) is 10.3. The summed E-state index contributed by atoms with van der Waals surface area (Å²) in [6.45, 7) is 2.76. The lowest BCUT2D eigenvalue weighted by Crippen LogP contribution is -2.08. The van der Waals surface area contributed by atoms with E-state index in [9.17, 15) is 0 Å². The topological polar surface area (TPSA) is 40.0 Å². The summed E-state index contributed by atoms with van der Waals surface area (Å²) in [6, 6.07) is 16.3. The molecule has 0 bridgehead atoms. The van der Waals surface area contributed by atoms with Crippen LogP contribution in [0.3, 0.4) is 0 Å². The molecule has 1 atom stereocenters. The summed E-state index contributed by atoms with van der Waals surface area (Å²) in [5, 5.41) is 4.29. The molecule has 0 saturated heterocycles. The van der Waals surface area contributed by atoms with Crippen molar-refractivity contribution < 1.29 is 14.3 Å². The molecule has 0 spiro atoms. The van der Waals surface area contributed by atoms with Crippen molar-refractivity contribution in [1.82, 2.24) is 0 Å². The zero-order valence-corrected chi connectivity index (χ0v) is 17.0. The van der Waals surface area contributed by atoms with Crippen LogP contribution in [0.4, 0.5) is 0 Å². The van der Waals surface area contributed by atoms with E-state index in [4.69, 9.17) is 14.3 Å². The van der Waals surface area contributed by atoms with Gasteiger partial charge in [0.05, 0.1) is 12.8 Å². The van der Waals surface area contributed by atoms with Gasteiger partial charge in [-0.05, 0) is 48.9 Å². The van der Waals surface area contributed by atoms with E-state index >= 15 is 0 Å². The fourth-order valence-electron chi connectivity index (χ4n) is 3.42. The SMILES string of the molecule is CCCCCC1CC(CCc2ccc(OCc3ccccc3)c(OC)c2)=NO1. The van der Waals surface area contributed by atoms with E-state index in [-0.39, 0.29) is 6.10 Å². The molecule has 4 heteroatoms. The van der Waals surface area contributed by atoms with Gasteiger partial charge in [-0.2, -0.15) is 0 Å². The van der Waals surface area contributed by atoms with E-state index in [0.29, 0.717) is 6.61 Å². The molecule has 0 radical (unpaired) electrons. The Labute approximate surface area is 168 Å². The zero-order valence-electron chi connectivity index (χ0n) is 17.0. The van der Waals surface area contributed by atoms with E-state index in [1.807, 2.05) is 24.3 Å². The Morgan fingerprint density at radius 3 is 2.64 bits per heavy atom. The first-order chi connectivity index (χ1) is 13.8. The monoisotopic (exact) mass is 381 g/mol. The average Bonchev–Trinajstić information content (AvgIpc) is 3.19. The smallest absolute Gasteiger partial charge is 0.161 e. The fraction of sp³-hybridized carbons (Fsp3) is 0.458. The van der Waals surface area contributed by atoms with E-state index in [1.54, 1.807) is 7.11 Å². The normalized spacial score (nSPS) is 15.8. The molecular weight excluding hydrogens is 350 g/mol. The lowest BCUT2D eigenvalue weighted by Gasteiger charge is -2.12. The number of rotatable bonds is 11. The van der Waals surface area contributed by atoms with Gasteiger partial charge in [-0.15, -0.1) is 0 Å². The molecule has 0 aliphatic carbocycles. The van der Waals surface area contributed by atoms with E-state index < -0.39 is 0 Å². The molecule has 0 saturated carbocycles. The first-order valence-electron chi connectivity index (χ1n) is 10.3. The Morgan fingerprint density at radius 1 is 1.00 bits per heavy atom. The van der Waals surface area contributed by atoms with Crippen molar-refractivity contribution in [3.8, 4) is 11.5 Å². The van der Waals surface area contributed by atoms with Gasteiger partial charge in [0.25, 0.3) is 0 Å². The molecule has 0 fully saturated rings. The zero-order chi connectivity index (χ0) is 19.6. The van der Waals surface area contributed by atoms with E-state index in [1.165, 1.54) is 30.5 Å². The third-order valence-electron chi connectivity index (χ3n) is 5.09. The van der Waals surface area contributed by atoms with Crippen LogP contribution in [0.15, 0.2) is 53.7 Å². The molecule has 28 heavy (non-hydrogen) atoms. The van der Waals surface area contributed by atoms with Crippen LogP contribution in [-0.4, -0.2) is 18.9 Å². The van der Waals surface area contributed by atoms with Crippen molar-refractivity contribution in [3.63, 3.8) is 0 Å². The molecule has 1 unspecified atom stereocenters. The fourth-order valence-corrected chi connectivity index (χ4v) is 3.42. The van der Waals surface area contributed by atoms with Gasteiger partial charge in [-0.3, -0.25) is 0 Å². The molecule has 1 aliphatic heterocycles. The Kier molecular flexibility index (Phi) is 7.77. The maximum absolute atomic E-state index is 5.94. The van der Waals surface area contributed by atoms with Gasteiger partial charge < -0.3 is 14.3 Å². The summed E-state index contributed by atoms with van der Waals surface area (Å²) in [6.07, 6.45) is 7.97. The first kappa shape index (κ1) is 20.2. The number of benzene rings is 2. The second kappa shape index (κ2) is 10.7. The number of methoxy groups -OCH3 is 1. The van der Waals surface area contributed by atoms with Crippen molar-refractivity contribution in [2.24, 2.45) is 5.16 Å². The van der Waals surface area contributed by atoms with Crippen LogP contribution in [0, 0.1) is 0 Å². The minimum absolute atomic E-state index is 0.282. The molecule has 1 heterocycles. The average molecular weight is 382 g/mol. The third-order valence-corrected chi connectivity index (χ3v) is 5.09. The number of aryl methyl sites for hydroxylation is 1. The van der Waals surface area contributed by atoms with Gasteiger partial charge in [-0.1, -0.05) is 61.3 Å². The van der Waals surface area contributed by atoms with Crippen LogP contribution in [0.25, 0.3) is 0 Å². The molecular formula is C24H31NO3. The molecule has 4 nitrogen and oxygen atoms in total. The van der Waals surface area contributed by atoms with Crippen LogP contribution in [-0.2, 0) is 17.9 Å². The number of unbranched alkanes of at least 4 members (excludes halogenated alkanes) is 2. The molecule has 0 amide bonds. The Hall–Kier alpha value is -2.49. The highest BCUT2D eigenvalue weighted by Crippen LogP contribution is 2.30. The number of ether oxygens (including phenoxy) is 2. The number of nitrogens with zero attached hydrogens (tertiary/aromatic N) is 1. The Morgan fingerprint density at radius 2 is 1.86 bits per heavy atom. The van der Waals surface area contributed by atoms with E-state index in [2.05, 4.69) is 36.3 Å². The van der Waals surface area contributed by atoms with Gasteiger partial charge in [0, 0.05) is 6.42 Å². The van der Waals surface area contributed by atoms with Crippen LogP contribution in [0.5, 0.6) is 11.5 Å². The molecule has 0 aromatic heterocycles. The summed E-state index contributed by atoms with van der Waals surface area (Å²) in [5.74, 6) is 1.54. The van der Waals surface area contributed by atoms with Gasteiger partial charge in [0.1, 0.15) is 12.7 Å². The summed E-state index contributed by atoms with van der Waals surface area (Å²) < 4.78 is 11.5. The predicted octanol–water partition coefficient (Wildman–Crippen LogP) is 5.93. The van der Waals surface area contributed by atoms with Crippen molar-refractivity contribution in [3.05, 3.63) is 59.7 Å². The highest BCUT2D eigenvalue weighted by Gasteiger charge is 2.20. The molecule has 3 rings (SSSR count). The highest BCUT2D eigenvalue weighted by molar-refractivity contribution is 5.85. The number of hydrogen-bond acceptors (Lipinski definition) is 4. The Bertz CT molecular complexity index is 758. The second-order valence-electron chi connectivity index (χ2n) is 7.34. The lowest BCUT2D eigenvalue weighted by atomic mass is 10.0. The molecule has 0 N–H and O–H groups in total. The van der Waals surface area contributed by atoms with Crippen molar-refractivity contribution in [2.75, 3.05) is 7.11 Å². The molecule has 2 aromatic carbocycles. The molecule has 150 valence electrons. The van der Waals surface area contributed by atoms with Crippen molar-refractivity contribution in [1.29, 1.82) is 0 Å². The van der Waals surface area contributed by atoms with Gasteiger partial charge in [0.2, 0.25) is 0 Å². The minimum Gasteiger partial charge on any atom is -0.493 e. The van der Waals surface area contributed by atoms with Crippen molar-refractivity contribution in [2.45, 2.75) is 64.6 Å². The van der Waals surface area contributed by atoms with Gasteiger partial charge in [0.15, 0.2) is 11.5 Å². The largest absolute Gasteiger partial charge is 0.493 e. The van der Waals surface area contributed by atoms with Crippen LogP contribution < -0.4 is 9.47 Å². The van der Waals surface area contributed by atoms with Gasteiger partial charge in [-0.25, -0.2) is 0 Å². The summed E-state index contributed by atoms with van der Waals surface area (Å²) in [7, 11) is 1.68. The predicted molar refractivity (Wildman–Crippen MR) is 113 cm³/mol. The Balaban J connectivity index is 1.48. The molecule has 1 aliphatic rings. The van der Waals surface area contributed by atoms with Gasteiger partial charge >= 0.3 is 0 Å². The standard InChI is InChI=1S/C24H31NO3/c1-3-4-6-11-22-17-21(25-28-22)14-12-19-13-15-23(24(16-19)26-2)27-18-20-9-7-5-8-10-20/h5,7-10,13,15-16,22H,3-4,6,11-12,14,17-18H2,1-2H3. The minimum atomic E-state index is 0.282. The number of hydrogen-bond donors (Lipinski definition) is 0.